The van der Waals surface area contributed by atoms with Crippen molar-refractivity contribution in [2.45, 2.75) is 6.42 Å². The van der Waals surface area contributed by atoms with E-state index in [4.69, 9.17) is 4.42 Å². The molecule has 78 valence electrons. The van der Waals surface area contributed by atoms with Crippen LogP contribution in [0.2, 0.25) is 0 Å². The third kappa shape index (κ3) is 2.34. The lowest BCUT2D eigenvalue weighted by Gasteiger charge is -1.97. The summed E-state index contributed by atoms with van der Waals surface area (Å²) in [7, 11) is 1.73. The fourth-order valence-electron chi connectivity index (χ4n) is 1.35. The number of anilines is 1. The Labute approximate surface area is 86.9 Å². The molecule has 0 spiro atoms. The van der Waals surface area contributed by atoms with Crippen molar-refractivity contribution in [3.63, 3.8) is 0 Å². The molecule has 0 bridgehead atoms. The fraction of sp³-hybridized carbons (Fsp3) is 0.182. The second-order valence-corrected chi connectivity index (χ2v) is 3.19. The van der Waals surface area contributed by atoms with E-state index in [1.807, 2.05) is 6.07 Å². The van der Waals surface area contributed by atoms with E-state index >= 15 is 0 Å². The SMILES string of the molecule is CNc1ncc(Cc2cccc(F)c2)o1. The van der Waals surface area contributed by atoms with E-state index in [0.29, 0.717) is 18.2 Å². The van der Waals surface area contributed by atoms with Gasteiger partial charge < -0.3 is 9.73 Å². The highest BCUT2D eigenvalue weighted by Gasteiger charge is 2.03. The molecule has 1 aromatic heterocycles. The summed E-state index contributed by atoms with van der Waals surface area (Å²) in [4.78, 5) is 3.98. The Morgan fingerprint density at radius 1 is 1.47 bits per heavy atom. The molecular formula is C11H11FN2O. The topological polar surface area (TPSA) is 38.1 Å². The molecule has 0 saturated carbocycles. The molecule has 2 aromatic rings. The van der Waals surface area contributed by atoms with Gasteiger partial charge in [-0.2, -0.15) is 0 Å². The van der Waals surface area contributed by atoms with Crippen LogP contribution in [-0.4, -0.2) is 12.0 Å². The summed E-state index contributed by atoms with van der Waals surface area (Å²) in [6.07, 6.45) is 2.18. The molecule has 0 amide bonds. The highest BCUT2D eigenvalue weighted by Crippen LogP contribution is 2.13. The third-order valence-corrected chi connectivity index (χ3v) is 2.03. The molecule has 0 aliphatic rings. The van der Waals surface area contributed by atoms with Gasteiger partial charge in [-0.05, 0) is 17.7 Å². The fourth-order valence-corrected chi connectivity index (χ4v) is 1.35. The standard InChI is InChI=1S/C11H11FN2O/c1-13-11-14-7-10(15-11)6-8-3-2-4-9(12)5-8/h2-5,7H,6H2,1H3,(H,13,14). The van der Waals surface area contributed by atoms with Gasteiger partial charge in [-0.25, -0.2) is 9.37 Å². The van der Waals surface area contributed by atoms with Crippen molar-refractivity contribution < 1.29 is 8.81 Å². The minimum Gasteiger partial charge on any atom is -0.428 e. The highest BCUT2D eigenvalue weighted by molar-refractivity contribution is 5.24. The number of halogens is 1. The highest BCUT2D eigenvalue weighted by atomic mass is 19.1. The van der Waals surface area contributed by atoms with Gasteiger partial charge in [0.25, 0.3) is 6.01 Å². The summed E-state index contributed by atoms with van der Waals surface area (Å²) >= 11 is 0. The van der Waals surface area contributed by atoms with Gasteiger partial charge in [0.1, 0.15) is 11.6 Å². The van der Waals surface area contributed by atoms with Crippen LogP contribution in [0.25, 0.3) is 0 Å². The first-order valence-electron chi connectivity index (χ1n) is 4.65. The van der Waals surface area contributed by atoms with Crippen LogP contribution in [0.1, 0.15) is 11.3 Å². The minimum atomic E-state index is -0.235. The molecule has 1 N–H and O–H groups in total. The Bertz CT molecular complexity index is 453. The van der Waals surface area contributed by atoms with Gasteiger partial charge in [-0.3, -0.25) is 0 Å². The van der Waals surface area contributed by atoms with E-state index in [0.717, 1.165) is 5.56 Å². The molecule has 4 heteroatoms. The van der Waals surface area contributed by atoms with Gasteiger partial charge in [-0.15, -0.1) is 0 Å². The van der Waals surface area contributed by atoms with Gasteiger partial charge in [-0.1, -0.05) is 12.1 Å². The average molecular weight is 206 g/mol. The van der Waals surface area contributed by atoms with Gasteiger partial charge in [0.05, 0.1) is 6.20 Å². The van der Waals surface area contributed by atoms with Crippen LogP contribution >= 0.6 is 0 Å². The number of aromatic nitrogens is 1. The predicted octanol–water partition coefficient (Wildman–Crippen LogP) is 2.45. The monoisotopic (exact) mass is 206 g/mol. The summed E-state index contributed by atoms with van der Waals surface area (Å²) < 4.78 is 18.2. The van der Waals surface area contributed by atoms with Crippen LogP contribution in [0, 0.1) is 5.82 Å². The van der Waals surface area contributed by atoms with Crippen LogP contribution in [-0.2, 0) is 6.42 Å². The smallest absolute Gasteiger partial charge is 0.294 e. The maximum absolute atomic E-state index is 12.9. The molecule has 0 fully saturated rings. The zero-order valence-electron chi connectivity index (χ0n) is 8.33. The Morgan fingerprint density at radius 3 is 3.00 bits per heavy atom. The predicted molar refractivity (Wildman–Crippen MR) is 55.3 cm³/mol. The largest absolute Gasteiger partial charge is 0.428 e. The maximum atomic E-state index is 12.9. The minimum absolute atomic E-state index is 0.235. The number of rotatable bonds is 3. The lowest BCUT2D eigenvalue weighted by atomic mass is 10.1. The average Bonchev–Trinajstić information content (AvgIpc) is 2.65. The number of nitrogens with one attached hydrogen (secondary N) is 1. The number of oxazole rings is 1. The Balaban J connectivity index is 2.14. The van der Waals surface area contributed by atoms with Crippen LogP contribution in [0.4, 0.5) is 10.4 Å². The molecule has 0 aliphatic heterocycles. The van der Waals surface area contributed by atoms with Crippen molar-refractivity contribution in [3.8, 4) is 0 Å². The number of hydrogen-bond acceptors (Lipinski definition) is 3. The van der Waals surface area contributed by atoms with Crippen molar-refractivity contribution in [1.82, 2.24) is 4.98 Å². The van der Waals surface area contributed by atoms with Gasteiger partial charge in [0.2, 0.25) is 0 Å². The van der Waals surface area contributed by atoms with Crippen molar-refractivity contribution in [1.29, 1.82) is 0 Å². The second-order valence-electron chi connectivity index (χ2n) is 3.19. The van der Waals surface area contributed by atoms with Crippen molar-refractivity contribution >= 4 is 6.01 Å². The molecule has 1 aromatic carbocycles. The van der Waals surface area contributed by atoms with Gasteiger partial charge >= 0.3 is 0 Å². The second kappa shape index (κ2) is 4.13. The molecule has 0 unspecified atom stereocenters. The number of benzene rings is 1. The summed E-state index contributed by atoms with van der Waals surface area (Å²) in [6, 6.07) is 6.91. The van der Waals surface area contributed by atoms with E-state index in [2.05, 4.69) is 10.3 Å². The quantitative estimate of drug-likeness (QED) is 0.838. The Hall–Kier alpha value is -1.84. The molecule has 15 heavy (non-hydrogen) atoms. The lowest BCUT2D eigenvalue weighted by molar-refractivity contribution is 0.530. The lowest BCUT2D eigenvalue weighted by Crippen LogP contribution is -1.87. The molecule has 0 aliphatic carbocycles. The molecule has 1 heterocycles. The first-order chi connectivity index (χ1) is 7.28. The zero-order valence-corrected chi connectivity index (χ0v) is 8.33. The van der Waals surface area contributed by atoms with Crippen LogP contribution in [0.3, 0.4) is 0 Å². The Morgan fingerprint density at radius 2 is 2.33 bits per heavy atom. The molecule has 0 radical (unpaired) electrons. The summed E-state index contributed by atoms with van der Waals surface area (Å²) in [5, 5.41) is 2.79. The number of hydrogen-bond donors (Lipinski definition) is 1. The van der Waals surface area contributed by atoms with Crippen molar-refractivity contribution in [3.05, 3.63) is 47.6 Å². The van der Waals surface area contributed by atoms with Crippen molar-refractivity contribution in [2.24, 2.45) is 0 Å². The van der Waals surface area contributed by atoms with E-state index in [-0.39, 0.29) is 5.82 Å². The van der Waals surface area contributed by atoms with Gasteiger partial charge in [0.15, 0.2) is 0 Å². The van der Waals surface area contributed by atoms with Crippen molar-refractivity contribution in [2.75, 3.05) is 12.4 Å². The van der Waals surface area contributed by atoms with E-state index in [1.54, 1.807) is 19.3 Å². The first kappa shape index (κ1) is 9.71. The first-order valence-corrected chi connectivity index (χ1v) is 4.65. The molecular weight excluding hydrogens is 195 g/mol. The summed E-state index contributed by atoms with van der Waals surface area (Å²) in [5.41, 5.74) is 0.869. The molecule has 3 nitrogen and oxygen atoms in total. The van der Waals surface area contributed by atoms with Crippen LogP contribution in [0.5, 0.6) is 0 Å². The molecule has 0 atom stereocenters. The molecule has 2 rings (SSSR count). The maximum Gasteiger partial charge on any atom is 0.294 e. The molecule has 0 saturated heterocycles. The van der Waals surface area contributed by atoms with Crippen LogP contribution in [0.15, 0.2) is 34.9 Å². The van der Waals surface area contributed by atoms with E-state index in [1.165, 1.54) is 12.1 Å². The van der Waals surface area contributed by atoms with E-state index in [9.17, 15) is 4.39 Å². The van der Waals surface area contributed by atoms with Gasteiger partial charge in [0, 0.05) is 13.5 Å². The van der Waals surface area contributed by atoms with E-state index < -0.39 is 0 Å². The summed E-state index contributed by atoms with van der Waals surface area (Å²) in [6.45, 7) is 0. The Kier molecular flexibility index (Phi) is 2.67. The zero-order chi connectivity index (χ0) is 10.7. The number of nitrogens with zero attached hydrogens (tertiary/aromatic N) is 1. The summed E-state index contributed by atoms with van der Waals surface area (Å²) in [5.74, 6) is 0.478. The van der Waals surface area contributed by atoms with Crippen LogP contribution < -0.4 is 5.32 Å². The normalized spacial score (nSPS) is 10.3. The third-order valence-electron chi connectivity index (χ3n) is 2.03.